The SMILES string of the molecule is Cc1ccccc1CN(C(N)=NCC1CCCCC1)c1ccc(C(N)=O)cc1OCOc1ccccc1. The molecule has 37 heavy (non-hydrogen) atoms. The summed E-state index contributed by atoms with van der Waals surface area (Å²) in [5.74, 6) is 1.55. The van der Waals surface area contributed by atoms with Crippen molar-refractivity contribution >= 4 is 17.6 Å². The van der Waals surface area contributed by atoms with Crippen LogP contribution in [0.1, 0.15) is 53.6 Å². The van der Waals surface area contributed by atoms with E-state index in [1.807, 2.05) is 47.4 Å². The Labute approximate surface area is 219 Å². The van der Waals surface area contributed by atoms with Crippen LogP contribution >= 0.6 is 0 Å². The van der Waals surface area contributed by atoms with E-state index in [9.17, 15) is 4.79 Å². The summed E-state index contributed by atoms with van der Waals surface area (Å²) in [7, 11) is 0. The Kier molecular flexibility index (Phi) is 9.03. The van der Waals surface area contributed by atoms with Gasteiger partial charge < -0.3 is 25.8 Å². The number of guanidine groups is 1. The number of hydrogen-bond acceptors (Lipinski definition) is 4. The molecule has 7 heteroatoms. The molecule has 4 rings (SSSR count). The van der Waals surface area contributed by atoms with Crippen molar-refractivity contribution in [1.29, 1.82) is 0 Å². The molecule has 1 aliphatic carbocycles. The summed E-state index contributed by atoms with van der Waals surface area (Å²) in [6, 6.07) is 22.7. The van der Waals surface area contributed by atoms with Gasteiger partial charge >= 0.3 is 0 Å². The molecule has 4 N–H and O–H groups in total. The highest BCUT2D eigenvalue weighted by atomic mass is 16.7. The van der Waals surface area contributed by atoms with Crippen molar-refractivity contribution in [3.05, 3.63) is 89.5 Å². The van der Waals surface area contributed by atoms with E-state index < -0.39 is 5.91 Å². The minimum atomic E-state index is -0.537. The molecule has 1 amide bonds. The molecule has 0 aliphatic heterocycles. The third-order valence-corrected chi connectivity index (χ3v) is 6.82. The molecule has 0 saturated heterocycles. The third kappa shape index (κ3) is 7.26. The highest BCUT2D eigenvalue weighted by Crippen LogP contribution is 2.32. The van der Waals surface area contributed by atoms with Crippen molar-refractivity contribution in [1.82, 2.24) is 0 Å². The molecule has 3 aromatic carbocycles. The summed E-state index contributed by atoms with van der Waals surface area (Å²) in [5.41, 5.74) is 15.5. The van der Waals surface area contributed by atoms with Crippen LogP contribution < -0.4 is 25.8 Å². The molecule has 194 valence electrons. The first-order valence-electron chi connectivity index (χ1n) is 12.9. The zero-order chi connectivity index (χ0) is 26.0. The molecule has 7 nitrogen and oxygen atoms in total. The van der Waals surface area contributed by atoms with Crippen LogP contribution in [-0.4, -0.2) is 25.2 Å². The van der Waals surface area contributed by atoms with Crippen molar-refractivity contribution in [2.24, 2.45) is 22.4 Å². The fourth-order valence-electron chi connectivity index (χ4n) is 4.61. The molecular formula is C30H36N4O3. The van der Waals surface area contributed by atoms with E-state index in [0.717, 1.165) is 11.1 Å². The molecule has 0 unspecified atom stereocenters. The summed E-state index contributed by atoms with van der Waals surface area (Å²) >= 11 is 0. The predicted molar refractivity (Wildman–Crippen MR) is 148 cm³/mol. The lowest BCUT2D eigenvalue weighted by Crippen LogP contribution is -2.38. The highest BCUT2D eigenvalue weighted by Gasteiger charge is 2.20. The van der Waals surface area contributed by atoms with Crippen LogP contribution in [0.3, 0.4) is 0 Å². The minimum absolute atomic E-state index is 0.0451. The minimum Gasteiger partial charge on any atom is -0.458 e. The fraction of sp³-hybridized carbons (Fsp3) is 0.333. The zero-order valence-electron chi connectivity index (χ0n) is 21.4. The van der Waals surface area contributed by atoms with Crippen LogP contribution in [0.25, 0.3) is 0 Å². The van der Waals surface area contributed by atoms with Gasteiger partial charge in [0, 0.05) is 12.1 Å². The molecule has 3 aromatic rings. The first kappa shape index (κ1) is 26.1. The molecular weight excluding hydrogens is 464 g/mol. The van der Waals surface area contributed by atoms with Gasteiger partial charge in [-0.25, -0.2) is 0 Å². The van der Waals surface area contributed by atoms with Gasteiger partial charge in [-0.2, -0.15) is 0 Å². The van der Waals surface area contributed by atoms with Crippen LogP contribution in [0.15, 0.2) is 77.8 Å². The Morgan fingerprint density at radius 2 is 1.68 bits per heavy atom. The number of hydrogen-bond donors (Lipinski definition) is 2. The van der Waals surface area contributed by atoms with Crippen molar-refractivity contribution in [3.63, 3.8) is 0 Å². The number of carbonyl (C=O) groups excluding carboxylic acids is 1. The molecule has 0 atom stereocenters. The van der Waals surface area contributed by atoms with Gasteiger partial charge in [0.05, 0.1) is 12.2 Å². The Morgan fingerprint density at radius 3 is 2.41 bits per heavy atom. The quantitative estimate of drug-likeness (QED) is 0.220. The number of para-hydroxylation sites is 1. The smallest absolute Gasteiger partial charge is 0.248 e. The van der Waals surface area contributed by atoms with Crippen LogP contribution in [0.4, 0.5) is 5.69 Å². The lowest BCUT2D eigenvalue weighted by molar-refractivity contribution is 0.0996. The number of aryl methyl sites for hydroxylation is 1. The Hall–Kier alpha value is -4.00. The number of primary amides is 1. The molecule has 1 aliphatic rings. The van der Waals surface area contributed by atoms with Crippen LogP contribution in [-0.2, 0) is 6.54 Å². The standard InChI is InChI=1S/C30H36N4O3/c1-22-10-8-9-13-25(22)20-34(30(32)33-19-23-11-4-2-5-12-23)27-17-16-24(29(31)35)18-28(27)37-21-36-26-14-6-3-7-15-26/h3,6-10,13-18,23H,2,4-5,11-12,19-21H2,1H3,(H2,31,35)(H2,32,33). The summed E-state index contributed by atoms with van der Waals surface area (Å²) in [6.07, 6.45) is 6.18. The number of aliphatic imine (C=N–C) groups is 1. The molecule has 0 heterocycles. The van der Waals surface area contributed by atoms with Crippen LogP contribution in [0.5, 0.6) is 11.5 Å². The van der Waals surface area contributed by atoms with Crippen LogP contribution in [0.2, 0.25) is 0 Å². The van der Waals surface area contributed by atoms with Gasteiger partial charge in [0.25, 0.3) is 0 Å². The van der Waals surface area contributed by atoms with Crippen molar-refractivity contribution in [2.75, 3.05) is 18.2 Å². The topological polar surface area (TPSA) is 103 Å². The molecule has 0 spiro atoms. The van der Waals surface area contributed by atoms with E-state index >= 15 is 0 Å². The highest BCUT2D eigenvalue weighted by molar-refractivity contribution is 5.98. The first-order valence-corrected chi connectivity index (χ1v) is 12.9. The average Bonchev–Trinajstić information content (AvgIpc) is 2.92. The van der Waals surface area contributed by atoms with Gasteiger partial charge in [0.15, 0.2) is 5.96 Å². The predicted octanol–water partition coefficient (Wildman–Crippen LogP) is 5.41. The maximum absolute atomic E-state index is 12.0. The van der Waals surface area contributed by atoms with Gasteiger partial charge in [-0.05, 0) is 67.1 Å². The average molecular weight is 501 g/mol. The zero-order valence-corrected chi connectivity index (χ0v) is 21.4. The van der Waals surface area contributed by atoms with Crippen molar-refractivity contribution in [3.8, 4) is 11.5 Å². The number of carbonyl (C=O) groups is 1. The second-order valence-electron chi connectivity index (χ2n) is 9.48. The molecule has 1 saturated carbocycles. The molecule has 0 aromatic heterocycles. The van der Waals surface area contributed by atoms with Gasteiger partial charge in [0.2, 0.25) is 12.7 Å². The summed E-state index contributed by atoms with van der Waals surface area (Å²) < 4.78 is 11.8. The lowest BCUT2D eigenvalue weighted by Gasteiger charge is -2.28. The summed E-state index contributed by atoms with van der Waals surface area (Å²) in [6.45, 7) is 3.22. The van der Waals surface area contributed by atoms with Gasteiger partial charge in [-0.1, -0.05) is 61.7 Å². The first-order chi connectivity index (χ1) is 18.0. The summed E-state index contributed by atoms with van der Waals surface area (Å²) in [5, 5.41) is 0. The molecule has 0 radical (unpaired) electrons. The number of nitrogens with zero attached hydrogens (tertiary/aromatic N) is 2. The number of amides is 1. The number of rotatable bonds is 10. The monoisotopic (exact) mass is 500 g/mol. The van der Waals surface area contributed by atoms with E-state index in [4.69, 9.17) is 25.9 Å². The van der Waals surface area contributed by atoms with E-state index in [-0.39, 0.29) is 6.79 Å². The van der Waals surface area contributed by atoms with Crippen molar-refractivity contribution < 1.29 is 14.3 Å². The maximum atomic E-state index is 12.0. The van der Waals surface area contributed by atoms with Crippen molar-refractivity contribution in [2.45, 2.75) is 45.6 Å². The second kappa shape index (κ2) is 12.8. The molecule has 0 bridgehead atoms. The van der Waals surface area contributed by atoms with Gasteiger partial charge in [-0.15, -0.1) is 0 Å². The van der Waals surface area contributed by atoms with E-state index in [1.54, 1.807) is 18.2 Å². The largest absolute Gasteiger partial charge is 0.458 e. The Balaban J connectivity index is 1.64. The maximum Gasteiger partial charge on any atom is 0.248 e. The van der Waals surface area contributed by atoms with E-state index in [0.29, 0.717) is 47.7 Å². The Bertz CT molecular complexity index is 1210. The number of anilines is 1. The van der Waals surface area contributed by atoms with Crippen LogP contribution in [0, 0.1) is 12.8 Å². The third-order valence-electron chi connectivity index (χ3n) is 6.82. The van der Waals surface area contributed by atoms with Gasteiger partial charge in [0.1, 0.15) is 11.5 Å². The normalized spacial score (nSPS) is 14.2. The summed E-state index contributed by atoms with van der Waals surface area (Å²) in [4.78, 5) is 18.7. The lowest BCUT2D eigenvalue weighted by atomic mass is 9.89. The second-order valence-corrected chi connectivity index (χ2v) is 9.48. The van der Waals surface area contributed by atoms with E-state index in [1.165, 1.54) is 32.1 Å². The Morgan fingerprint density at radius 1 is 0.946 bits per heavy atom. The van der Waals surface area contributed by atoms with Gasteiger partial charge in [-0.3, -0.25) is 9.79 Å². The van der Waals surface area contributed by atoms with E-state index in [2.05, 4.69) is 19.1 Å². The number of benzene rings is 3. The molecule has 1 fully saturated rings. The fourth-order valence-corrected chi connectivity index (χ4v) is 4.61. The number of ether oxygens (including phenoxy) is 2. The number of nitrogens with two attached hydrogens (primary N) is 2.